The Balaban J connectivity index is 2.03. The number of nitriles is 1. The summed E-state index contributed by atoms with van der Waals surface area (Å²) in [6.45, 7) is 4.06. The molecule has 0 saturated heterocycles. The fourth-order valence-electron chi connectivity index (χ4n) is 2.77. The van der Waals surface area contributed by atoms with Crippen LogP contribution in [0.15, 0.2) is 18.2 Å². The Kier molecular flexibility index (Phi) is 3.90. The number of hydrogen-bond acceptors (Lipinski definition) is 2. The van der Waals surface area contributed by atoms with Gasteiger partial charge in [-0.05, 0) is 50.7 Å². The maximum absolute atomic E-state index is 12.1. The smallest absolute Gasteiger partial charge is 0.225 e. The molecule has 1 aliphatic rings. The molecule has 1 saturated carbocycles. The molecular formula is C16H20N2O. The van der Waals surface area contributed by atoms with Gasteiger partial charge in [-0.3, -0.25) is 4.79 Å². The zero-order chi connectivity index (χ0) is 13.9. The van der Waals surface area contributed by atoms with Gasteiger partial charge in [0.1, 0.15) is 5.54 Å². The number of nitrogens with zero attached hydrogens (tertiary/aromatic N) is 1. The minimum absolute atomic E-state index is 0.0459. The van der Waals surface area contributed by atoms with E-state index in [0.29, 0.717) is 6.42 Å². The molecule has 0 heterocycles. The third kappa shape index (κ3) is 3.14. The van der Waals surface area contributed by atoms with Crippen LogP contribution in [0.2, 0.25) is 0 Å². The molecule has 0 aromatic heterocycles. The van der Waals surface area contributed by atoms with Gasteiger partial charge in [0.15, 0.2) is 0 Å². The SMILES string of the molecule is Cc1ccc(CC(=O)NC2(C#N)CCCC2)c(C)c1. The number of rotatable bonds is 3. The minimum atomic E-state index is -0.615. The monoisotopic (exact) mass is 256 g/mol. The van der Waals surface area contributed by atoms with Crippen LogP contribution in [0.1, 0.15) is 42.4 Å². The van der Waals surface area contributed by atoms with Crippen molar-refractivity contribution in [2.45, 2.75) is 51.5 Å². The number of benzene rings is 1. The molecule has 0 bridgehead atoms. The van der Waals surface area contributed by atoms with Crippen LogP contribution in [0, 0.1) is 25.2 Å². The van der Waals surface area contributed by atoms with E-state index in [1.54, 1.807) is 0 Å². The molecule has 1 amide bonds. The molecule has 19 heavy (non-hydrogen) atoms. The summed E-state index contributed by atoms with van der Waals surface area (Å²) in [4.78, 5) is 12.1. The standard InChI is InChI=1S/C16H20N2O/c1-12-5-6-14(13(2)9-12)10-15(19)18-16(11-17)7-3-4-8-16/h5-6,9H,3-4,7-8,10H2,1-2H3,(H,18,19). The third-order valence-electron chi connectivity index (χ3n) is 3.90. The molecule has 100 valence electrons. The van der Waals surface area contributed by atoms with Crippen molar-refractivity contribution in [1.82, 2.24) is 5.32 Å². The number of nitrogens with one attached hydrogen (secondary N) is 1. The average Bonchev–Trinajstić information content (AvgIpc) is 2.82. The summed E-state index contributed by atoms with van der Waals surface area (Å²) in [7, 11) is 0. The number of carbonyl (C=O) groups is 1. The highest BCUT2D eigenvalue weighted by Gasteiger charge is 2.35. The summed E-state index contributed by atoms with van der Waals surface area (Å²) in [5.74, 6) is -0.0459. The van der Waals surface area contributed by atoms with E-state index >= 15 is 0 Å². The molecule has 0 radical (unpaired) electrons. The van der Waals surface area contributed by atoms with Crippen LogP contribution >= 0.6 is 0 Å². The Hall–Kier alpha value is -1.82. The summed E-state index contributed by atoms with van der Waals surface area (Å²) in [6, 6.07) is 8.38. The second-order valence-electron chi connectivity index (χ2n) is 5.56. The van der Waals surface area contributed by atoms with Crippen molar-refractivity contribution >= 4 is 5.91 Å². The minimum Gasteiger partial charge on any atom is -0.338 e. The molecule has 0 aliphatic heterocycles. The van der Waals surface area contributed by atoms with E-state index in [0.717, 1.165) is 36.8 Å². The number of hydrogen-bond donors (Lipinski definition) is 1. The van der Waals surface area contributed by atoms with Crippen molar-refractivity contribution in [1.29, 1.82) is 5.26 Å². The molecule has 1 aromatic rings. The van der Waals surface area contributed by atoms with Crippen LogP contribution in [0.5, 0.6) is 0 Å². The first-order valence-corrected chi connectivity index (χ1v) is 6.83. The van der Waals surface area contributed by atoms with Crippen LogP contribution < -0.4 is 5.32 Å². The van der Waals surface area contributed by atoms with E-state index in [1.165, 1.54) is 5.56 Å². The highest BCUT2D eigenvalue weighted by molar-refractivity contribution is 5.80. The molecule has 1 N–H and O–H groups in total. The molecule has 0 atom stereocenters. The zero-order valence-electron chi connectivity index (χ0n) is 11.6. The van der Waals surface area contributed by atoms with Crippen molar-refractivity contribution in [2.24, 2.45) is 0 Å². The number of carbonyl (C=O) groups excluding carboxylic acids is 1. The molecule has 2 rings (SSSR count). The maximum atomic E-state index is 12.1. The molecule has 1 aliphatic carbocycles. The van der Waals surface area contributed by atoms with Crippen LogP contribution in [0.4, 0.5) is 0 Å². The highest BCUT2D eigenvalue weighted by atomic mass is 16.1. The molecule has 1 fully saturated rings. The van der Waals surface area contributed by atoms with E-state index < -0.39 is 5.54 Å². The topological polar surface area (TPSA) is 52.9 Å². The first-order chi connectivity index (χ1) is 9.04. The third-order valence-corrected chi connectivity index (χ3v) is 3.90. The Morgan fingerprint density at radius 1 is 1.37 bits per heavy atom. The fraction of sp³-hybridized carbons (Fsp3) is 0.500. The largest absolute Gasteiger partial charge is 0.338 e. The van der Waals surface area contributed by atoms with Gasteiger partial charge in [-0.15, -0.1) is 0 Å². The molecular weight excluding hydrogens is 236 g/mol. The molecule has 1 aromatic carbocycles. The van der Waals surface area contributed by atoms with Gasteiger partial charge in [-0.1, -0.05) is 23.8 Å². The van der Waals surface area contributed by atoms with Crippen LogP contribution in [-0.4, -0.2) is 11.4 Å². The number of amides is 1. The van der Waals surface area contributed by atoms with Crippen molar-refractivity contribution < 1.29 is 4.79 Å². The van der Waals surface area contributed by atoms with Gasteiger partial charge in [0.05, 0.1) is 12.5 Å². The summed E-state index contributed by atoms with van der Waals surface area (Å²) >= 11 is 0. The van der Waals surface area contributed by atoms with Gasteiger partial charge < -0.3 is 5.32 Å². The van der Waals surface area contributed by atoms with Gasteiger partial charge >= 0.3 is 0 Å². The summed E-state index contributed by atoms with van der Waals surface area (Å²) in [6.07, 6.45) is 3.97. The van der Waals surface area contributed by atoms with Crippen molar-refractivity contribution in [3.63, 3.8) is 0 Å². The second kappa shape index (κ2) is 5.44. The first-order valence-electron chi connectivity index (χ1n) is 6.83. The summed E-state index contributed by atoms with van der Waals surface area (Å²) in [5.41, 5.74) is 2.75. The lowest BCUT2D eigenvalue weighted by molar-refractivity contribution is -0.121. The maximum Gasteiger partial charge on any atom is 0.225 e. The summed E-state index contributed by atoms with van der Waals surface area (Å²) < 4.78 is 0. The van der Waals surface area contributed by atoms with Crippen molar-refractivity contribution in [2.75, 3.05) is 0 Å². The van der Waals surface area contributed by atoms with E-state index in [4.69, 9.17) is 0 Å². The van der Waals surface area contributed by atoms with Gasteiger partial charge in [0, 0.05) is 0 Å². The van der Waals surface area contributed by atoms with E-state index in [1.807, 2.05) is 26.0 Å². The van der Waals surface area contributed by atoms with Gasteiger partial charge in [0.25, 0.3) is 0 Å². The van der Waals surface area contributed by atoms with Gasteiger partial charge in [0.2, 0.25) is 5.91 Å². The second-order valence-corrected chi connectivity index (χ2v) is 5.56. The Morgan fingerprint density at radius 2 is 2.05 bits per heavy atom. The van der Waals surface area contributed by atoms with Gasteiger partial charge in [-0.2, -0.15) is 5.26 Å². The van der Waals surface area contributed by atoms with E-state index in [-0.39, 0.29) is 5.91 Å². The van der Waals surface area contributed by atoms with Gasteiger partial charge in [-0.25, -0.2) is 0 Å². The molecule has 0 unspecified atom stereocenters. The first kappa shape index (κ1) is 13.6. The summed E-state index contributed by atoms with van der Waals surface area (Å²) in [5, 5.41) is 12.2. The Morgan fingerprint density at radius 3 is 2.63 bits per heavy atom. The molecule has 3 heteroatoms. The predicted octanol–water partition coefficient (Wildman–Crippen LogP) is 2.80. The Labute approximate surface area is 114 Å². The number of aryl methyl sites for hydroxylation is 2. The fourth-order valence-corrected chi connectivity index (χ4v) is 2.77. The average molecular weight is 256 g/mol. The molecule has 3 nitrogen and oxygen atoms in total. The predicted molar refractivity (Wildman–Crippen MR) is 74.6 cm³/mol. The van der Waals surface area contributed by atoms with Crippen LogP contribution in [0.25, 0.3) is 0 Å². The molecule has 0 spiro atoms. The highest BCUT2D eigenvalue weighted by Crippen LogP contribution is 2.29. The van der Waals surface area contributed by atoms with E-state index in [9.17, 15) is 10.1 Å². The Bertz CT molecular complexity index is 522. The lowest BCUT2D eigenvalue weighted by Crippen LogP contribution is -2.45. The normalized spacial score (nSPS) is 16.9. The van der Waals surface area contributed by atoms with Crippen molar-refractivity contribution in [3.8, 4) is 6.07 Å². The van der Waals surface area contributed by atoms with Crippen LogP contribution in [0.3, 0.4) is 0 Å². The van der Waals surface area contributed by atoms with Crippen LogP contribution in [-0.2, 0) is 11.2 Å². The quantitative estimate of drug-likeness (QED) is 0.904. The van der Waals surface area contributed by atoms with E-state index in [2.05, 4.69) is 17.5 Å². The zero-order valence-corrected chi connectivity index (χ0v) is 11.6. The lowest BCUT2D eigenvalue weighted by atomic mass is 9.98. The van der Waals surface area contributed by atoms with Crippen molar-refractivity contribution in [3.05, 3.63) is 34.9 Å². The lowest BCUT2D eigenvalue weighted by Gasteiger charge is -2.22.